The van der Waals surface area contributed by atoms with Crippen molar-refractivity contribution < 1.29 is 4.79 Å². The third-order valence-electron chi connectivity index (χ3n) is 4.22. The average Bonchev–Trinajstić information content (AvgIpc) is 2.14. The molecule has 0 aliphatic rings. The number of rotatable bonds is 6. The Morgan fingerprint density at radius 1 is 1.00 bits per heavy atom. The van der Waals surface area contributed by atoms with Gasteiger partial charge in [-0.1, -0.05) is 55.4 Å². The Bertz CT molecular complexity index is 242. The lowest BCUT2D eigenvalue weighted by Crippen LogP contribution is -2.35. The van der Waals surface area contributed by atoms with Crippen molar-refractivity contribution >= 4 is 5.91 Å². The predicted molar refractivity (Wildman–Crippen MR) is 79.4 cm³/mol. The molecule has 0 aromatic heterocycles. The summed E-state index contributed by atoms with van der Waals surface area (Å²) in [5, 5.41) is 3.11. The van der Waals surface area contributed by atoms with Gasteiger partial charge in [0.1, 0.15) is 0 Å². The molecule has 0 aromatic carbocycles. The minimum atomic E-state index is 0.198. The van der Waals surface area contributed by atoms with Crippen LogP contribution < -0.4 is 5.32 Å². The normalized spacial score (nSPS) is 14.4. The molecule has 1 N–H and O–H groups in total. The number of hydrogen-bond acceptors (Lipinski definition) is 1. The number of hydrogen-bond donors (Lipinski definition) is 1. The van der Waals surface area contributed by atoms with Gasteiger partial charge in [0.05, 0.1) is 0 Å². The van der Waals surface area contributed by atoms with E-state index in [4.69, 9.17) is 0 Å². The number of carbonyl (C=O) groups excluding carboxylic acids is 1. The lowest BCUT2D eigenvalue weighted by molar-refractivity contribution is -0.123. The highest BCUT2D eigenvalue weighted by molar-refractivity contribution is 5.76. The summed E-state index contributed by atoms with van der Waals surface area (Å²) in [6.45, 7) is 18.5. The molecular formula is C16H33NO. The minimum Gasteiger partial charge on any atom is -0.356 e. The molecule has 0 spiro atoms. The quantitative estimate of drug-likeness (QED) is 0.760. The van der Waals surface area contributed by atoms with E-state index in [1.54, 1.807) is 0 Å². The van der Waals surface area contributed by atoms with E-state index in [9.17, 15) is 4.79 Å². The van der Waals surface area contributed by atoms with Crippen molar-refractivity contribution in [2.24, 2.45) is 29.1 Å². The van der Waals surface area contributed by atoms with Crippen LogP contribution in [0.2, 0.25) is 0 Å². The van der Waals surface area contributed by atoms with Gasteiger partial charge in [-0.2, -0.15) is 0 Å². The van der Waals surface area contributed by atoms with Crippen molar-refractivity contribution in [3.63, 3.8) is 0 Å². The summed E-state index contributed by atoms with van der Waals surface area (Å²) < 4.78 is 0. The first-order chi connectivity index (χ1) is 8.05. The molecule has 0 bridgehead atoms. The van der Waals surface area contributed by atoms with E-state index in [1.165, 1.54) is 0 Å². The second-order valence-electron chi connectivity index (χ2n) is 7.43. The number of carbonyl (C=O) groups is 1. The summed E-state index contributed by atoms with van der Waals surface area (Å²) in [5.41, 5.74) is 0.201. The fourth-order valence-corrected chi connectivity index (χ4v) is 2.13. The number of amides is 1. The van der Waals surface area contributed by atoms with Crippen molar-refractivity contribution in [3.05, 3.63) is 0 Å². The van der Waals surface area contributed by atoms with Gasteiger partial charge in [0.2, 0.25) is 5.91 Å². The molecule has 0 heterocycles. The molecule has 18 heavy (non-hydrogen) atoms. The Hall–Kier alpha value is -0.530. The summed E-state index contributed by atoms with van der Waals surface area (Å²) in [6, 6.07) is 0. The largest absolute Gasteiger partial charge is 0.356 e. The van der Waals surface area contributed by atoms with E-state index < -0.39 is 0 Å². The van der Waals surface area contributed by atoms with E-state index in [0.29, 0.717) is 30.1 Å². The fraction of sp³-hybridized carbons (Fsp3) is 0.938. The molecular weight excluding hydrogens is 222 g/mol. The molecule has 2 nitrogen and oxygen atoms in total. The van der Waals surface area contributed by atoms with Crippen molar-refractivity contribution in [1.82, 2.24) is 5.32 Å². The van der Waals surface area contributed by atoms with E-state index in [0.717, 1.165) is 6.54 Å². The van der Waals surface area contributed by atoms with Gasteiger partial charge < -0.3 is 5.32 Å². The molecule has 0 saturated carbocycles. The maximum absolute atomic E-state index is 11.9. The summed E-state index contributed by atoms with van der Waals surface area (Å²) in [4.78, 5) is 11.9. The van der Waals surface area contributed by atoms with Crippen molar-refractivity contribution in [1.29, 1.82) is 0 Å². The van der Waals surface area contributed by atoms with Crippen LogP contribution in [0.1, 0.15) is 61.8 Å². The maximum atomic E-state index is 11.9. The Kier molecular flexibility index (Phi) is 6.94. The van der Waals surface area contributed by atoms with Crippen LogP contribution in [0, 0.1) is 29.1 Å². The highest BCUT2D eigenvalue weighted by atomic mass is 16.1. The zero-order valence-corrected chi connectivity index (χ0v) is 13.6. The Morgan fingerprint density at radius 2 is 1.44 bits per heavy atom. The molecule has 1 atom stereocenters. The lowest BCUT2D eigenvalue weighted by Gasteiger charge is -2.28. The van der Waals surface area contributed by atoms with Gasteiger partial charge >= 0.3 is 0 Å². The highest BCUT2D eigenvalue weighted by Gasteiger charge is 2.23. The van der Waals surface area contributed by atoms with Crippen molar-refractivity contribution in [2.45, 2.75) is 61.8 Å². The SMILES string of the molecule is CC(C)C(CNC(=O)CC(C)C(C)(C)C)C(C)C. The van der Waals surface area contributed by atoms with Gasteiger partial charge in [0.15, 0.2) is 0 Å². The van der Waals surface area contributed by atoms with E-state index in [1.807, 2.05) is 0 Å². The summed E-state index contributed by atoms with van der Waals surface area (Å²) in [5.74, 6) is 2.41. The highest BCUT2D eigenvalue weighted by Crippen LogP contribution is 2.28. The Balaban J connectivity index is 4.18. The zero-order valence-electron chi connectivity index (χ0n) is 13.6. The maximum Gasteiger partial charge on any atom is 0.220 e. The standard InChI is InChI=1S/C16H33NO/c1-11(2)14(12(3)4)10-17-15(18)9-13(5)16(6,7)8/h11-14H,9-10H2,1-8H3,(H,17,18). The molecule has 1 unspecified atom stereocenters. The van der Waals surface area contributed by atoms with E-state index in [2.05, 4.69) is 60.7 Å². The Morgan fingerprint density at radius 3 is 1.78 bits per heavy atom. The van der Waals surface area contributed by atoms with Crippen LogP contribution in [0.4, 0.5) is 0 Å². The molecule has 1 amide bonds. The van der Waals surface area contributed by atoms with Gasteiger partial charge in [-0.15, -0.1) is 0 Å². The fourth-order valence-electron chi connectivity index (χ4n) is 2.13. The van der Waals surface area contributed by atoms with Gasteiger partial charge in [-0.3, -0.25) is 4.79 Å². The first kappa shape index (κ1) is 17.5. The second kappa shape index (κ2) is 7.16. The monoisotopic (exact) mass is 255 g/mol. The van der Waals surface area contributed by atoms with Gasteiger partial charge in [0, 0.05) is 13.0 Å². The molecule has 0 fully saturated rings. The molecule has 0 saturated heterocycles. The van der Waals surface area contributed by atoms with E-state index >= 15 is 0 Å². The summed E-state index contributed by atoms with van der Waals surface area (Å²) in [7, 11) is 0. The summed E-state index contributed by atoms with van der Waals surface area (Å²) >= 11 is 0. The van der Waals surface area contributed by atoms with Crippen LogP contribution in [-0.2, 0) is 4.79 Å². The van der Waals surface area contributed by atoms with Crippen molar-refractivity contribution in [2.75, 3.05) is 6.54 Å². The van der Waals surface area contributed by atoms with Crippen LogP contribution >= 0.6 is 0 Å². The molecule has 0 aromatic rings. The van der Waals surface area contributed by atoms with Crippen LogP contribution in [0.25, 0.3) is 0 Å². The van der Waals surface area contributed by atoms with Crippen LogP contribution in [0.5, 0.6) is 0 Å². The van der Waals surface area contributed by atoms with E-state index in [-0.39, 0.29) is 11.3 Å². The molecule has 0 aliphatic carbocycles. The molecule has 0 aliphatic heterocycles. The average molecular weight is 255 g/mol. The summed E-state index contributed by atoms with van der Waals surface area (Å²) in [6.07, 6.45) is 0.631. The smallest absolute Gasteiger partial charge is 0.220 e. The first-order valence-corrected chi connectivity index (χ1v) is 7.32. The van der Waals surface area contributed by atoms with Gasteiger partial charge in [0.25, 0.3) is 0 Å². The third-order valence-corrected chi connectivity index (χ3v) is 4.22. The van der Waals surface area contributed by atoms with Gasteiger partial charge in [-0.25, -0.2) is 0 Å². The zero-order chi connectivity index (χ0) is 14.5. The molecule has 0 rings (SSSR count). The third kappa shape index (κ3) is 6.42. The predicted octanol–water partition coefficient (Wildman–Crippen LogP) is 4.10. The molecule has 108 valence electrons. The number of nitrogens with one attached hydrogen (secondary N) is 1. The Labute approximate surface area is 114 Å². The first-order valence-electron chi connectivity index (χ1n) is 7.32. The molecule has 2 heteroatoms. The topological polar surface area (TPSA) is 29.1 Å². The minimum absolute atomic E-state index is 0.198. The lowest BCUT2D eigenvalue weighted by atomic mass is 9.80. The van der Waals surface area contributed by atoms with Gasteiger partial charge in [-0.05, 0) is 29.1 Å². The second-order valence-corrected chi connectivity index (χ2v) is 7.43. The van der Waals surface area contributed by atoms with Crippen LogP contribution in [-0.4, -0.2) is 12.5 Å². The van der Waals surface area contributed by atoms with Crippen molar-refractivity contribution in [3.8, 4) is 0 Å². The van der Waals surface area contributed by atoms with Crippen LogP contribution in [0.15, 0.2) is 0 Å². The van der Waals surface area contributed by atoms with Crippen LogP contribution in [0.3, 0.4) is 0 Å². The molecule has 0 radical (unpaired) electrons.